The Balaban J connectivity index is 0.000000120. The standard InChI is InChI=1S/2C2H4N4/c3-6-2-4-1-5-6;3-2-4-1-5-6-2/h1-2H,3H2;1H,(H3,3,4,5,6). The van der Waals surface area contributed by atoms with Crippen LogP contribution in [0.1, 0.15) is 0 Å². The molecule has 2 rings (SSSR count). The second-order valence-corrected chi connectivity index (χ2v) is 1.75. The molecule has 0 aliphatic rings. The first kappa shape index (κ1) is 7.98. The van der Waals surface area contributed by atoms with Crippen molar-refractivity contribution in [2.75, 3.05) is 11.6 Å². The Morgan fingerprint density at radius 1 is 1.42 bits per heavy atom. The summed E-state index contributed by atoms with van der Waals surface area (Å²) in [5, 5.41) is 9.38. The molecule has 0 saturated heterocycles. The molecule has 0 aliphatic carbocycles. The van der Waals surface area contributed by atoms with Gasteiger partial charge in [-0.15, -0.1) is 5.10 Å². The maximum Gasteiger partial charge on any atom is 0.215 e. The van der Waals surface area contributed by atoms with Crippen molar-refractivity contribution < 1.29 is 0 Å². The van der Waals surface area contributed by atoms with Crippen LogP contribution in [0.4, 0.5) is 5.95 Å². The molecule has 0 saturated carbocycles. The summed E-state index contributed by atoms with van der Waals surface area (Å²) in [5.41, 5.74) is 5.05. The molecule has 8 nitrogen and oxygen atoms in total. The van der Waals surface area contributed by atoms with Gasteiger partial charge in [0, 0.05) is 0 Å². The number of hydrogen-bond donors (Lipinski definition) is 3. The largest absolute Gasteiger partial charge is 0.368 e. The van der Waals surface area contributed by atoms with Crippen LogP contribution in [0.3, 0.4) is 0 Å². The molecule has 2 aromatic rings. The Kier molecular flexibility index (Phi) is 2.60. The molecule has 2 aromatic heterocycles. The van der Waals surface area contributed by atoms with Gasteiger partial charge < -0.3 is 11.6 Å². The fourth-order valence-electron chi connectivity index (χ4n) is 0.432. The number of rotatable bonds is 0. The van der Waals surface area contributed by atoms with Crippen LogP contribution < -0.4 is 11.6 Å². The molecule has 0 atom stereocenters. The van der Waals surface area contributed by atoms with E-state index < -0.39 is 0 Å². The van der Waals surface area contributed by atoms with Crippen LogP contribution in [0, 0.1) is 0 Å². The lowest BCUT2D eigenvalue weighted by molar-refractivity contribution is 0.830. The molecule has 0 amide bonds. The topological polar surface area (TPSA) is 124 Å². The van der Waals surface area contributed by atoms with Gasteiger partial charge in [-0.2, -0.15) is 9.89 Å². The zero-order valence-electron chi connectivity index (χ0n) is 6.12. The fourth-order valence-corrected chi connectivity index (χ4v) is 0.432. The first-order chi connectivity index (χ1) is 5.79. The van der Waals surface area contributed by atoms with E-state index in [0.717, 1.165) is 4.79 Å². The highest BCUT2D eigenvalue weighted by atomic mass is 15.5. The van der Waals surface area contributed by atoms with Crippen LogP contribution in [0.5, 0.6) is 0 Å². The van der Waals surface area contributed by atoms with E-state index in [1.165, 1.54) is 19.0 Å². The number of nitrogens with one attached hydrogen (secondary N) is 1. The monoisotopic (exact) mass is 168 g/mol. The van der Waals surface area contributed by atoms with E-state index in [0.29, 0.717) is 5.95 Å². The lowest BCUT2D eigenvalue weighted by Crippen LogP contribution is -2.06. The number of H-pyrrole nitrogens is 1. The third-order valence-corrected chi connectivity index (χ3v) is 0.870. The minimum Gasteiger partial charge on any atom is -0.368 e. The first-order valence-electron chi connectivity index (χ1n) is 2.99. The third-order valence-electron chi connectivity index (χ3n) is 0.870. The quantitative estimate of drug-likeness (QED) is 0.406. The number of nitrogens with zero attached hydrogens (tertiary/aromatic N) is 5. The van der Waals surface area contributed by atoms with Crippen molar-refractivity contribution in [2.24, 2.45) is 0 Å². The van der Waals surface area contributed by atoms with Gasteiger partial charge in [-0.25, -0.2) is 15.1 Å². The maximum atomic E-state index is 5.05. The lowest BCUT2D eigenvalue weighted by Gasteiger charge is -1.76. The minimum atomic E-state index is 0.356. The van der Waals surface area contributed by atoms with E-state index >= 15 is 0 Å². The van der Waals surface area contributed by atoms with Crippen molar-refractivity contribution in [1.29, 1.82) is 0 Å². The zero-order valence-corrected chi connectivity index (χ0v) is 6.12. The average Bonchev–Trinajstić information content (AvgIpc) is 2.63. The van der Waals surface area contributed by atoms with Crippen molar-refractivity contribution in [2.45, 2.75) is 0 Å². The molecule has 0 fully saturated rings. The summed E-state index contributed by atoms with van der Waals surface area (Å²) in [7, 11) is 0. The van der Waals surface area contributed by atoms with E-state index in [-0.39, 0.29) is 0 Å². The van der Waals surface area contributed by atoms with Gasteiger partial charge in [0.25, 0.3) is 0 Å². The molecule has 0 unspecified atom stereocenters. The van der Waals surface area contributed by atoms with E-state index in [1.807, 2.05) is 0 Å². The normalized spacial score (nSPS) is 8.67. The number of nitrogens with two attached hydrogens (primary N) is 2. The second-order valence-electron chi connectivity index (χ2n) is 1.75. The number of nitrogen functional groups attached to an aromatic ring is 2. The Bertz CT molecular complexity index is 250. The van der Waals surface area contributed by atoms with Gasteiger partial charge in [-0.1, -0.05) is 0 Å². The van der Waals surface area contributed by atoms with Gasteiger partial charge in [0.05, 0.1) is 0 Å². The summed E-state index contributed by atoms with van der Waals surface area (Å²) in [6.07, 6.45) is 4.15. The SMILES string of the molecule is Nc1ncn[nH]1.Nn1cncn1. The predicted octanol–water partition coefficient (Wildman–Crippen LogP) is -1.62. The smallest absolute Gasteiger partial charge is 0.215 e. The molecular weight excluding hydrogens is 160 g/mol. The highest BCUT2D eigenvalue weighted by molar-refractivity contribution is 5.07. The molecule has 0 aromatic carbocycles. The van der Waals surface area contributed by atoms with E-state index in [9.17, 15) is 0 Å². The summed E-state index contributed by atoms with van der Waals surface area (Å²) in [4.78, 5) is 8.22. The fraction of sp³-hybridized carbons (Fsp3) is 0. The molecule has 0 bridgehead atoms. The van der Waals surface area contributed by atoms with Crippen LogP contribution >= 0.6 is 0 Å². The highest BCUT2D eigenvalue weighted by Crippen LogP contribution is 1.76. The maximum absolute atomic E-state index is 5.05. The summed E-state index contributed by atoms with van der Waals surface area (Å²) < 4.78 is 0. The van der Waals surface area contributed by atoms with Crippen molar-refractivity contribution in [3.8, 4) is 0 Å². The molecule has 0 spiro atoms. The van der Waals surface area contributed by atoms with Gasteiger partial charge in [0.15, 0.2) is 0 Å². The number of aromatic amines is 1. The number of hydrogen-bond acceptors (Lipinski definition) is 6. The number of aromatic nitrogens is 6. The third kappa shape index (κ3) is 2.64. The van der Waals surface area contributed by atoms with Gasteiger partial charge in [-0.3, -0.25) is 0 Å². The van der Waals surface area contributed by atoms with Crippen molar-refractivity contribution in [3.05, 3.63) is 19.0 Å². The average molecular weight is 168 g/mol. The lowest BCUT2D eigenvalue weighted by atomic mass is 11.1. The summed E-state index contributed by atoms with van der Waals surface area (Å²) in [6.45, 7) is 0. The van der Waals surface area contributed by atoms with Gasteiger partial charge in [0.1, 0.15) is 19.0 Å². The molecule has 0 radical (unpaired) electrons. The van der Waals surface area contributed by atoms with Crippen LogP contribution in [0.15, 0.2) is 19.0 Å². The molecule has 64 valence electrons. The summed E-state index contributed by atoms with van der Waals surface area (Å²) in [5.74, 6) is 5.38. The van der Waals surface area contributed by atoms with E-state index in [2.05, 4.69) is 25.3 Å². The molecule has 12 heavy (non-hydrogen) atoms. The Morgan fingerprint density at radius 2 is 2.25 bits per heavy atom. The predicted molar refractivity (Wildman–Crippen MR) is 41.0 cm³/mol. The zero-order chi connectivity index (χ0) is 8.81. The van der Waals surface area contributed by atoms with Crippen LogP contribution in [0.25, 0.3) is 0 Å². The summed E-state index contributed by atoms with van der Waals surface area (Å²) in [6, 6.07) is 0. The van der Waals surface area contributed by atoms with E-state index in [4.69, 9.17) is 11.6 Å². The highest BCUT2D eigenvalue weighted by Gasteiger charge is 1.75. The first-order valence-corrected chi connectivity index (χ1v) is 2.99. The molecule has 8 heteroatoms. The van der Waals surface area contributed by atoms with Crippen LogP contribution in [-0.4, -0.2) is 30.1 Å². The Hall–Kier alpha value is -2.12. The van der Waals surface area contributed by atoms with Gasteiger partial charge in [-0.05, 0) is 0 Å². The van der Waals surface area contributed by atoms with Gasteiger partial charge in [0.2, 0.25) is 5.95 Å². The minimum absolute atomic E-state index is 0.356. The number of anilines is 1. The van der Waals surface area contributed by atoms with Crippen molar-refractivity contribution in [3.63, 3.8) is 0 Å². The molecule has 0 aliphatic heterocycles. The molecular formula is C4H8N8. The van der Waals surface area contributed by atoms with Crippen LogP contribution in [-0.2, 0) is 0 Å². The van der Waals surface area contributed by atoms with Crippen molar-refractivity contribution in [1.82, 2.24) is 30.1 Å². The Labute approximate surface area is 67.6 Å². The summed E-state index contributed by atoms with van der Waals surface area (Å²) >= 11 is 0. The molecule has 5 N–H and O–H groups in total. The van der Waals surface area contributed by atoms with Gasteiger partial charge >= 0.3 is 0 Å². The Morgan fingerprint density at radius 3 is 2.42 bits per heavy atom. The second kappa shape index (κ2) is 3.91. The molecule has 2 heterocycles. The van der Waals surface area contributed by atoms with Crippen molar-refractivity contribution >= 4 is 5.95 Å². The van der Waals surface area contributed by atoms with Crippen LogP contribution in [0.2, 0.25) is 0 Å². The van der Waals surface area contributed by atoms with E-state index in [1.54, 1.807) is 0 Å².